The van der Waals surface area contributed by atoms with Gasteiger partial charge >= 0.3 is 5.97 Å². The number of nitrogens with zero attached hydrogens (tertiary/aromatic N) is 1. The summed E-state index contributed by atoms with van der Waals surface area (Å²) in [7, 11) is 0. The van der Waals surface area contributed by atoms with Crippen LogP contribution >= 0.6 is 0 Å². The zero-order chi connectivity index (χ0) is 17.5. The summed E-state index contributed by atoms with van der Waals surface area (Å²) in [4.78, 5) is 12.1. The first-order chi connectivity index (χ1) is 11.5. The lowest BCUT2D eigenvalue weighted by Crippen LogP contribution is -2.21. The fraction of sp³-hybridized carbons (Fsp3) is 0.300. The van der Waals surface area contributed by atoms with Gasteiger partial charge in [-0.15, -0.1) is 0 Å². The molecular weight excluding hydrogens is 302 g/mol. The predicted molar refractivity (Wildman–Crippen MR) is 91.4 cm³/mol. The van der Waals surface area contributed by atoms with E-state index in [1.807, 2.05) is 50.2 Å². The Morgan fingerprint density at radius 2 is 1.67 bits per heavy atom. The van der Waals surface area contributed by atoms with Crippen LogP contribution in [0.5, 0.6) is 11.5 Å². The van der Waals surface area contributed by atoms with Gasteiger partial charge in [0.05, 0.1) is 5.92 Å². The second-order valence-electron chi connectivity index (χ2n) is 5.97. The van der Waals surface area contributed by atoms with E-state index in [-0.39, 0.29) is 17.8 Å². The van der Waals surface area contributed by atoms with E-state index in [1.165, 1.54) is 0 Å². The van der Waals surface area contributed by atoms with Gasteiger partial charge in [-0.25, -0.2) is 0 Å². The van der Waals surface area contributed by atoms with Gasteiger partial charge in [-0.2, -0.15) is 5.26 Å². The van der Waals surface area contributed by atoms with E-state index in [9.17, 15) is 10.1 Å². The van der Waals surface area contributed by atoms with Crippen molar-refractivity contribution in [2.24, 2.45) is 11.8 Å². The van der Waals surface area contributed by atoms with Crippen molar-refractivity contribution in [3.63, 3.8) is 0 Å². The molecule has 0 radical (unpaired) electrons. The van der Waals surface area contributed by atoms with Crippen molar-refractivity contribution in [2.75, 3.05) is 0 Å². The SMILES string of the molecule is CC(C)C(C)C(=O)OC(C#N)c1cccc(Oc2ccccc2)c1. The fourth-order valence-corrected chi connectivity index (χ4v) is 2.03. The van der Waals surface area contributed by atoms with Crippen LogP contribution in [0.3, 0.4) is 0 Å². The van der Waals surface area contributed by atoms with Crippen LogP contribution in [0.2, 0.25) is 0 Å². The van der Waals surface area contributed by atoms with Crippen molar-refractivity contribution < 1.29 is 14.3 Å². The van der Waals surface area contributed by atoms with Crippen molar-refractivity contribution in [1.29, 1.82) is 5.26 Å². The van der Waals surface area contributed by atoms with Gasteiger partial charge in [0.25, 0.3) is 0 Å². The Hall–Kier alpha value is -2.80. The van der Waals surface area contributed by atoms with E-state index in [4.69, 9.17) is 9.47 Å². The van der Waals surface area contributed by atoms with E-state index in [1.54, 1.807) is 31.2 Å². The third-order valence-electron chi connectivity index (χ3n) is 3.86. The Bertz CT molecular complexity index is 719. The average molecular weight is 323 g/mol. The lowest BCUT2D eigenvalue weighted by Gasteiger charge is -2.18. The van der Waals surface area contributed by atoms with Gasteiger partial charge in [-0.1, -0.05) is 51.1 Å². The molecular formula is C20H21NO3. The minimum Gasteiger partial charge on any atom is -0.457 e. The molecule has 0 bridgehead atoms. The normalized spacial score (nSPS) is 13.0. The quantitative estimate of drug-likeness (QED) is 0.711. The lowest BCUT2D eigenvalue weighted by molar-refractivity contribution is -0.152. The summed E-state index contributed by atoms with van der Waals surface area (Å²) in [5.74, 6) is 0.820. The van der Waals surface area contributed by atoms with Crippen LogP contribution < -0.4 is 4.74 Å². The Morgan fingerprint density at radius 3 is 2.29 bits per heavy atom. The molecule has 124 valence electrons. The van der Waals surface area contributed by atoms with Gasteiger partial charge in [0.15, 0.2) is 0 Å². The molecule has 0 fully saturated rings. The molecule has 2 aromatic carbocycles. The van der Waals surface area contributed by atoms with E-state index in [0.717, 1.165) is 0 Å². The Morgan fingerprint density at radius 1 is 1.00 bits per heavy atom. The molecule has 2 atom stereocenters. The van der Waals surface area contributed by atoms with Crippen molar-refractivity contribution >= 4 is 5.97 Å². The molecule has 2 aromatic rings. The summed E-state index contributed by atoms with van der Waals surface area (Å²) >= 11 is 0. The Labute approximate surface area is 142 Å². The summed E-state index contributed by atoms with van der Waals surface area (Å²) in [5, 5.41) is 9.36. The highest BCUT2D eigenvalue weighted by molar-refractivity contribution is 5.72. The molecule has 0 N–H and O–H groups in total. The zero-order valence-electron chi connectivity index (χ0n) is 14.1. The summed E-state index contributed by atoms with van der Waals surface area (Å²) in [6.07, 6.45) is -0.946. The third-order valence-corrected chi connectivity index (χ3v) is 3.86. The number of nitriles is 1. The average Bonchev–Trinajstić information content (AvgIpc) is 2.59. The predicted octanol–water partition coefficient (Wildman–Crippen LogP) is 4.88. The summed E-state index contributed by atoms with van der Waals surface area (Å²) < 4.78 is 11.1. The molecule has 0 aromatic heterocycles. The smallest absolute Gasteiger partial charge is 0.310 e. The summed E-state index contributed by atoms with van der Waals surface area (Å²) in [5.41, 5.74) is 0.593. The maximum Gasteiger partial charge on any atom is 0.310 e. The van der Waals surface area contributed by atoms with Crippen molar-refractivity contribution in [3.05, 3.63) is 60.2 Å². The molecule has 0 saturated heterocycles. The van der Waals surface area contributed by atoms with Crippen LogP contribution in [0.15, 0.2) is 54.6 Å². The highest BCUT2D eigenvalue weighted by Gasteiger charge is 2.23. The number of hydrogen-bond acceptors (Lipinski definition) is 4. The number of carbonyl (C=O) groups excluding carboxylic acids is 1. The molecule has 0 spiro atoms. The molecule has 24 heavy (non-hydrogen) atoms. The van der Waals surface area contributed by atoms with Crippen LogP contribution in [-0.2, 0) is 9.53 Å². The van der Waals surface area contributed by atoms with E-state index >= 15 is 0 Å². The number of hydrogen-bond donors (Lipinski definition) is 0. The highest BCUT2D eigenvalue weighted by atomic mass is 16.5. The van der Waals surface area contributed by atoms with Gasteiger partial charge < -0.3 is 9.47 Å². The van der Waals surface area contributed by atoms with Gasteiger partial charge in [0, 0.05) is 5.56 Å². The topological polar surface area (TPSA) is 59.3 Å². The number of rotatable bonds is 6. The number of benzene rings is 2. The fourth-order valence-electron chi connectivity index (χ4n) is 2.03. The van der Waals surface area contributed by atoms with Crippen LogP contribution in [0.25, 0.3) is 0 Å². The third kappa shape index (κ3) is 4.60. The molecule has 0 aliphatic heterocycles. The molecule has 4 heteroatoms. The summed E-state index contributed by atoms with van der Waals surface area (Å²) in [6, 6.07) is 18.4. The van der Waals surface area contributed by atoms with Gasteiger partial charge in [0.2, 0.25) is 6.10 Å². The second-order valence-corrected chi connectivity index (χ2v) is 5.97. The van der Waals surface area contributed by atoms with E-state index < -0.39 is 6.10 Å². The first-order valence-electron chi connectivity index (χ1n) is 7.94. The maximum atomic E-state index is 12.1. The van der Waals surface area contributed by atoms with Crippen LogP contribution in [0, 0.1) is 23.2 Å². The molecule has 2 rings (SSSR count). The molecule has 2 unspecified atom stereocenters. The lowest BCUT2D eigenvalue weighted by atomic mass is 9.98. The molecule has 0 saturated carbocycles. The number of ether oxygens (including phenoxy) is 2. The van der Waals surface area contributed by atoms with Crippen molar-refractivity contribution in [2.45, 2.75) is 26.9 Å². The largest absolute Gasteiger partial charge is 0.457 e. The zero-order valence-corrected chi connectivity index (χ0v) is 14.1. The first-order valence-corrected chi connectivity index (χ1v) is 7.94. The van der Waals surface area contributed by atoms with Crippen LogP contribution in [0.4, 0.5) is 0 Å². The minimum absolute atomic E-state index is 0.157. The standard InChI is InChI=1S/C20H21NO3/c1-14(2)15(3)20(22)24-19(13-21)16-8-7-11-18(12-16)23-17-9-5-4-6-10-17/h4-12,14-15,19H,1-3H3. The van der Waals surface area contributed by atoms with Gasteiger partial charge in [-0.3, -0.25) is 4.79 Å². The Balaban J connectivity index is 2.13. The van der Waals surface area contributed by atoms with Crippen LogP contribution in [-0.4, -0.2) is 5.97 Å². The van der Waals surface area contributed by atoms with Crippen LogP contribution in [0.1, 0.15) is 32.4 Å². The molecule has 4 nitrogen and oxygen atoms in total. The number of para-hydroxylation sites is 1. The monoisotopic (exact) mass is 323 g/mol. The molecule has 0 heterocycles. The summed E-state index contributed by atoms with van der Waals surface area (Å²) in [6.45, 7) is 5.69. The van der Waals surface area contributed by atoms with Gasteiger partial charge in [-0.05, 0) is 30.2 Å². The second kappa shape index (κ2) is 8.16. The van der Waals surface area contributed by atoms with Crippen molar-refractivity contribution in [3.8, 4) is 17.6 Å². The first kappa shape index (κ1) is 17.6. The molecule has 0 amide bonds. The van der Waals surface area contributed by atoms with Crippen molar-refractivity contribution in [1.82, 2.24) is 0 Å². The highest BCUT2D eigenvalue weighted by Crippen LogP contribution is 2.27. The van der Waals surface area contributed by atoms with E-state index in [2.05, 4.69) is 0 Å². The Kier molecular flexibility index (Phi) is 5.97. The molecule has 0 aliphatic carbocycles. The number of carbonyl (C=O) groups is 1. The maximum absolute atomic E-state index is 12.1. The van der Waals surface area contributed by atoms with Gasteiger partial charge in [0.1, 0.15) is 17.6 Å². The number of esters is 1. The molecule has 0 aliphatic rings. The minimum atomic E-state index is -0.946. The van der Waals surface area contributed by atoms with E-state index in [0.29, 0.717) is 17.1 Å².